The van der Waals surface area contributed by atoms with Crippen LogP contribution >= 0.6 is 11.6 Å². The fourth-order valence-corrected chi connectivity index (χ4v) is 3.30. The molecule has 0 unspecified atom stereocenters. The van der Waals surface area contributed by atoms with Crippen molar-refractivity contribution in [2.45, 2.75) is 11.4 Å². The molecule has 21 heavy (non-hydrogen) atoms. The van der Waals surface area contributed by atoms with Crippen LogP contribution in [0.2, 0.25) is 5.02 Å². The Morgan fingerprint density at radius 2 is 2.19 bits per heavy atom. The van der Waals surface area contributed by atoms with E-state index in [-0.39, 0.29) is 22.0 Å². The van der Waals surface area contributed by atoms with Gasteiger partial charge >= 0.3 is 0 Å². The molecule has 0 saturated heterocycles. The maximum atomic E-state index is 12.5. The fraction of sp³-hybridized carbons (Fsp3) is 0.231. The Kier molecular flexibility index (Phi) is 4.32. The standard InChI is InChI=1S/C13H13ClN4O2S/c1-17-8-10(7-16-17)9-18(2)21(19,20)12-4-3-11(6-15)13(14)5-12/h3-5,7-8H,9H2,1-2H3. The van der Waals surface area contributed by atoms with Gasteiger partial charge in [0.1, 0.15) is 6.07 Å². The molecule has 2 aromatic rings. The molecule has 0 fully saturated rings. The monoisotopic (exact) mass is 324 g/mol. The lowest BCUT2D eigenvalue weighted by molar-refractivity contribution is 0.466. The van der Waals surface area contributed by atoms with Gasteiger partial charge in [-0.15, -0.1) is 0 Å². The Morgan fingerprint density at radius 3 is 2.71 bits per heavy atom. The molecule has 0 atom stereocenters. The SMILES string of the molecule is CN(Cc1cnn(C)c1)S(=O)(=O)c1ccc(C#N)c(Cl)c1. The molecule has 0 amide bonds. The highest BCUT2D eigenvalue weighted by Gasteiger charge is 2.22. The number of nitriles is 1. The van der Waals surface area contributed by atoms with Crippen LogP contribution in [0.4, 0.5) is 0 Å². The van der Waals surface area contributed by atoms with Crippen LogP contribution in [-0.2, 0) is 23.6 Å². The van der Waals surface area contributed by atoms with Gasteiger partial charge in [-0.25, -0.2) is 8.42 Å². The topological polar surface area (TPSA) is 79.0 Å². The second-order valence-electron chi connectivity index (χ2n) is 4.54. The van der Waals surface area contributed by atoms with Gasteiger partial charge in [-0.3, -0.25) is 4.68 Å². The molecule has 0 aliphatic rings. The first-order chi connectivity index (χ1) is 9.84. The summed E-state index contributed by atoms with van der Waals surface area (Å²) in [5, 5.41) is 12.9. The van der Waals surface area contributed by atoms with E-state index in [0.29, 0.717) is 0 Å². The molecular weight excluding hydrogens is 312 g/mol. The molecule has 1 heterocycles. The van der Waals surface area contributed by atoms with Crippen molar-refractivity contribution in [3.05, 3.63) is 46.7 Å². The van der Waals surface area contributed by atoms with Crippen molar-refractivity contribution >= 4 is 21.6 Å². The number of hydrogen-bond donors (Lipinski definition) is 0. The number of aromatic nitrogens is 2. The third-order valence-corrected chi connectivity index (χ3v) is 5.04. The van der Waals surface area contributed by atoms with Crippen LogP contribution in [0.15, 0.2) is 35.5 Å². The van der Waals surface area contributed by atoms with Crippen molar-refractivity contribution in [2.75, 3.05) is 7.05 Å². The molecule has 110 valence electrons. The van der Waals surface area contributed by atoms with Crippen molar-refractivity contribution in [2.24, 2.45) is 7.05 Å². The largest absolute Gasteiger partial charge is 0.275 e. The Labute approximate surface area is 128 Å². The minimum absolute atomic E-state index is 0.0536. The number of benzene rings is 1. The Morgan fingerprint density at radius 1 is 1.48 bits per heavy atom. The predicted octanol–water partition coefficient (Wildman–Crippen LogP) is 1.77. The van der Waals surface area contributed by atoms with Crippen molar-refractivity contribution < 1.29 is 8.42 Å². The van der Waals surface area contributed by atoms with Crippen LogP contribution in [0.3, 0.4) is 0 Å². The quantitative estimate of drug-likeness (QED) is 0.858. The van der Waals surface area contributed by atoms with Crippen LogP contribution in [0.25, 0.3) is 0 Å². The molecular formula is C13H13ClN4O2S. The van der Waals surface area contributed by atoms with Gasteiger partial charge in [0.25, 0.3) is 0 Å². The van der Waals surface area contributed by atoms with E-state index in [1.54, 1.807) is 24.1 Å². The zero-order valence-electron chi connectivity index (χ0n) is 11.5. The highest BCUT2D eigenvalue weighted by atomic mass is 35.5. The van der Waals surface area contributed by atoms with Gasteiger partial charge in [0.2, 0.25) is 10.0 Å². The van der Waals surface area contributed by atoms with Gasteiger partial charge in [0, 0.05) is 32.4 Å². The minimum Gasteiger partial charge on any atom is -0.275 e. The zero-order valence-corrected chi connectivity index (χ0v) is 13.1. The second-order valence-corrected chi connectivity index (χ2v) is 6.99. The van der Waals surface area contributed by atoms with E-state index >= 15 is 0 Å². The maximum Gasteiger partial charge on any atom is 0.243 e. The average Bonchev–Trinajstić information content (AvgIpc) is 2.83. The molecule has 0 saturated carbocycles. The third kappa shape index (κ3) is 3.24. The first-order valence-corrected chi connectivity index (χ1v) is 7.80. The first kappa shape index (κ1) is 15.5. The number of sulfonamides is 1. The normalized spacial score (nSPS) is 11.6. The summed E-state index contributed by atoms with van der Waals surface area (Å²) in [6.45, 7) is 0.202. The van der Waals surface area contributed by atoms with Crippen LogP contribution in [0, 0.1) is 11.3 Å². The average molecular weight is 325 g/mol. The van der Waals surface area contributed by atoms with E-state index in [4.69, 9.17) is 16.9 Å². The van der Waals surface area contributed by atoms with Gasteiger partial charge in [0.15, 0.2) is 0 Å². The van der Waals surface area contributed by atoms with Gasteiger partial charge in [-0.1, -0.05) is 11.6 Å². The Hall–Kier alpha value is -1.88. The lowest BCUT2D eigenvalue weighted by Gasteiger charge is -2.16. The number of aryl methyl sites for hydroxylation is 1. The highest BCUT2D eigenvalue weighted by Crippen LogP contribution is 2.23. The summed E-state index contributed by atoms with van der Waals surface area (Å²) in [6.07, 6.45) is 3.36. The summed E-state index contributed by atoms with van der Waals surface area (Å²) in [5.74, 6) is 0. The smallest absolute Gasteiger partial charge is 0.243 e. The van der Waals surface area contributed by atoms with Gasteiger partial charge in [-0.2, -0.15) is 14.7 Å². The highest BCUT2D eigenvalue weighted by molar-refractivity contribution is 7.89. The van der Waals surface area contributed by atoms with Crippen LogP contribution < -0.4 is 0 Å². The predicted molar refractivity (Wildman–Crippen MR) is 78.0 cm³/mol. The summed E-state index contributed by atoms with van der Waals surface area (Å²) in [4.78, 5) is 0.0536. The molecule has 0 aliphatic heterocycles. The molecule has 6 nitrogen and oxygen atoms in total. The first-order valence-electron chi connectivity index (χ1n) is 5.98. The summed E-state index contributed by atoms with van der Waals surface area (Å²) < 4.78 is 27.7. The van der Waals surface area contributed by atoms with E-state index in [0.717, 1.165) is 5.56 Å². The third-order valence-electron chi connectivity index (χ3n) is 2.93. The Bertz CT molecular complexity index is 808. The van der Waals surface area contributed by atoms with Crippen LogP contribution in [0.5, 0.6) is 0 Å². The van der Waals surface area contributed by atoms with Gasteiger partial charge in [0.05, 0.1) is 21.7 Å². The number of rotatable bonds is 4. The fourth-order valence-electron chi connectivity index (χ4n) is 1.82. The van der Waals surface area contributed by atoms with E-state index < -0.39 is 10.0 Å². The molecule has 8 heteroatoms. The van der Waals surface area contributed by atoms with Crippen LogP contribution in [0.1, 0.15) is 11.1 Å². The van der Waals surface area contributed by atoms with Crippen molar-refractivity contribution in [3.63, 3.8) is 0 Å². The second kappa shape index (κ2) is 5.85. The molecule has 0 N–H and O–H groups in total. The van der Waals surface area contributed by atoms with Crippen molar-refractivity contribution in [1.29, 1.82) is 5.26 Å². The summed E-state index contributed by atoms with van der Waals surface area (Å²) in [7, 11) is -0.430. The van der Waals surface area contributed by atoms with Crippen molar-refractivity contribution in [1.82, 2.24) is 14.1 Å². The van der Waals surface area contributed by atoms with E-state index in [1.807, 2.05) is 6.07 Å². The number of hydrogen-bond acceptors (Lipinski definition) is 4. The van der Waals surface area contributed by atoms with Gasteiger partial charge in [-0.05, 0) is 18.2 Å². The molecule has 0 radical (unpaired) electrons. The lowest BCUT2D eigenvalue weighted by Crippen LogP contribution is -2.26. The minimum atomic E-state index is -3.67. The van der Waals surface area contributed by atoms with Crippen LogP contribution in [-0.4, -0.2) is 29.6 Å². The Balaban J connectivity index is 2.29. The molecule has 0 aliphatic carbocycles. The summed E-state index contributed by atoms with van der Waals surface area (Å²) in [6, 6.07) is 5.95. The maximum absolute atomic E-state index is 12.5. The van der Waals surface area contributed by atoms with Gasteiger partial charge < -0.3 is 0 Å². The summed E-state index contributed by atoms with van der Waals surface area (Å²) >= 11 is 5.88. The van der Waals surface area contributed by atoms with E-state index in [1.165, 1.54) is 29.6 Å². The number of halogens is 1. The lowest BCUT2D eigenvalue weighted by atomic mass is 10.2. The molecule has 2 rings (SSSR count). The van der Waals surface area contributed by atoms with E-state index in [9.17, 15) is 8.42 Å². The van der Waals surface area contributed by atoms with E-state index in [2.05, 4.69) is 5.10 Å². The molecule has 1 aromatic carbocycles. The summed E-state index contributed by atoms with van der Waals surface area (Å²) in [5.41, 5.74) is 1.02. The molecule has 0 bridgehead atoms. The molecule has 1 aromatic heterocycles. The zero-order chi connectivity index (χ0) is 15.6. The number of nitrogens with zero attached hydrogens (tertiary/aromatic N) is 4. The molecule has 0 spiro atoms. The van der Waals surface area contributed by atoms with Crippen molar-refractivity contribution in [3.8, 4) is 6.07 Å².